The molecule has 0 amide bonds. The van der Waals surface area contributed by atoms with Crippen molar-refractivity contribution in [3.63, 3.8) is 0 Å². The number of morpholine rings is 1. The van der Waals surface area contributed by atoms with E-state index < -0.39 is 0 Å². The molecule has 21 heavy (non-hydrogen) atoms. The van der Waals surface area contributed by atoms with Gasteiger partial charge in [-0.1, -0.05) is 12.1 Å². The van der Waals surface area contributed by atoms with Crippen LogP contribution in [0.25, 0.3) is 0 Å². The van der Waals surface area contributed by atoms with E-state index in [0.29, 0.717) is 18.7 Å². The van der Waals surface area contributed by atoms with Gasteiger partial charge in [-0.25, -0.2) is 9.37 Å². The predicted octanol–water partition coefficient (Wildman–Crippen LogP) is 2.67. The highest BCUT2D eigenvalue weighted by atomic mass is 19.1. The number of hydrogen-bond acceptors (Lipinski definition) is 4. The van der Waals surface area contributed by atoms with Gasteiger partial charge in [0.2, 0.25) is 0 Å². The van der Waals surface area contributed by atoms with Crippen LogP contribution in [-0.2, 0) is 4.74 Å². The molecule has 1 aromatic carbocycles. The summed E-state index contributed by atoms with van der Waals surface area (Å²) in [6, 6.07) is 12.0. The summed E-state index contributed by atoms with van der Waals surface area (Å²) < 4.78 is 18.7. The number of rotatable bonds is 2. The summed E-state index contributed by atoms with van der Waals surface area (Å²) in [6.07, 6.45) is 1.47. The standard InChI is InChI=1S/C16H14FN3O/c17-14-4-2-13(3-5-14)15-11-20(7-8-21-15)16-6-1-12(9-18)10-19-16/h1-6,10,15H,7-8,11H2. The fourth-order valence-corrected chi connectivity index (χ4v) is 2.38. The minimum Gasteiger partial charge on any atom is -0.370 e. The fourth-order valence-electron chi connectivity index (χ4n) is 2.38. The maximum atomic E-state index is 13.0. The van der Waals surface area contributed by atoms with Gasteiger partial charge >= 0.3 is 0 Å². The van der Waals surface area contributed by atoms with E-state index in [1.165, 1.54) is 12.1 Å². The molecule has 4 nitrogen and oxygen atoms in total. The molecule has 2 aromatic rings. The zero-order valence-corrected chi connectivity index (χ0v) is 11.4. The number of pyridine rings is 1. The minimum atomic E-state index is -0.250. The van der Waals surface area contributed by atoms with Crippen molar-refractivity contribution in [2.45, 2.75) is 6.10 Å². The molecule has 3 rings (SSSR count). The number of hydrogen-bond donors (Lipinski definition) is 0. The quantitative estimate of drug-likeness (QED) is 0.850. The van der Waals surface area contributed by atoms with Crippen LogP contribution in [0.15, 0.2) is 42.6 Å². The van der Waals surface area contributed by atoms with Gasteiger partial charge < -0.3 is 9.64 Å². The number of aromatic nitrogens is 1. The summed E-state index contributed by atoms with van der Waals surface area (Å²) >= 11 is 0. The lowest BCUT2D eigenvalue weighted by Crippen LogP contribution is -2.38. The zero-order valence-electron chi connectivity index (χ0n) is 11.4. The Morgan fingerprint density at radius 1 is 1.24 bits per heavy atom. The first-order valence-electron chi connectivity index (χ1n) is 6.74. The molecule has 1 aliphatic heterocycles. The first-order valence-corrected chi connectivity index (χ1v) is 6.74. The van der Waals surface area contributed by atoms with Gasteiger partial charge in [-0.05, 0) is 29.8 Å². The monoisotopic (exact) mass is 283 g/mol. The van der Waals surface area contributed by atoms with Gasteiger partial charge in [-0.2, -0.15) is 5.26 Å². The molecule has 106 valence electrons. The molecule has 1 unspecified atom stereocenters. The molecule has 0 spiro atoms. The Kier molecular flexibility index (Phi) is 3.80. The van der Waals surface area contributed by atoms with Crippen molar-refractivity contribution >= 4 is 5.82 Å². The van der Waals surface area contributed by atoms with Gasteiger partial charge in [-0.3, -0.25) is 0 Å². The summed E-state index contributed by atoms with van der Waals surface area (Å²) in [5.41, 5.74) is 1.50. The zero-order chi connectivity index (χ0) is 14.7. The third-order valence-electron chi connectivity index (χ3n) is 3.51. The fraction of sp³-hybridized carbons (Fsp3) is 0.250. The van der Waals surface area contributed by atoms with Crippen LogP contribution in [0.3, 0.4) is 0 Å². The van der Waals surface area contributed by atoms with Crippen molar-refractivity contribution in [3.8, 4) is 6.07 Å². The van der Waals surface area contributed by atoms with Gasteiger partial charge in [0.05, 0.1) is 12.2 Å². The van der Waals surface area contributed by atoms with Crippen LogP contribution in [0, 0.1) is 17.1 Å². The molecular formula is C16H14FN3O. The van der Waals surface area contributed by atoms with Crippen molar-refractivity contribution in [2.75, 3.05) is 24.6 Å². The summed E-state index contributed by atoms with van der Waals surface area (Å²) in [5.74, 6) is 0.574. The molecule has 0 N–H and O–H groups in total. The third kappa shape index (κ3) is 3.01. The van der Waals surface area contributed by atoms with Gasteiger partial charge in [0.15, 0.2) is 0 Å². The molecule has 2 heterocycles. The smallest absolute Gasteiger partial charge is 0.128 e. The van der Waals surface area contributed by atoms with E-state index in [1.54, 1.807) is 24.4 Å². The Bertz CT molecular complexity index is 649. The average Bonchev–Trinajstić information content (AvgIpc) is 2.56. The first-order chi connectivity index (χ1) is 10.3. The van der Waals surface area contributed by atoms with Gasteiger partial charge in [-0.15, -0.1) is 0 Å². The first kappa shape index (κ1) is 13.5. The normalized spacial score (nSPS) is 18.3. The minimum absolute atomic E-state index is 0.100. The van der Waals surface area contributed by atoms with E-state index in [4.69, 9.17) is 10.00 Å². The second kappa shape index (κ2) is 5.90. The molecule has 0 bridgehead atoms. The maximum Gasteiger partial charge on any atom is 0.128 e. The number of halogens is 1. The van der Waals surface area contributed by atoms with E-state index >= 15 is 0 Å². The van der Waals surface area contributed by atoms with Gasteiger partial charge in [0.1, 0.15) is 23.8 Å². The molecule has 0 radical (unpaired) electrons. The van der Waals surface area contributed by atoms with Crippen molar-refractivity contribution < 1.29 is 9.13 Å². The van der Waals surface area contributed by atoms with E-state index in [1.807, 2.05) is 6.07 Å². The number of ether oxygens (including phenoxy) is 1. The van der Waals surface area contributed by atoms with Crippen LogP contribution in [0.1, 0.15) is 17.2 Å². The number of anilines is 1. The highest BCUT2D eigenvalue weighted by molar-refractivity contribution is 5.42. The van der Waals surface area contributed by atoms with Crippen LogP contribution in [0.2, 0.25) is 0 Å². The Morgan fingerprint density at radius 3 is 2.71 bits per heavy atom. The van der Waals surface area contributed by atoms with Gasteiger partial charge in [0.25, 0.3) is 0 Å². The Hall–Kier alpha value is -2.45. The Labute approximate surface area is 122 Å². The molecule has 1 saturated heterocycles. The number of benzene rings is 1. The Morgan fingerprint density at radius 2 is 2.05 bits per heavy atom. The lowest BCUT2D eigenvalue weighted by Gasteiger charge is -2.34. The highest BCUT2D eigenvalue weighted by Crippen LogP contribution is 2.25. The van der Waals surface area contributed by atoms with Gasteiger partial charge in [0, 0.05) is 19.3 Å². The lowest BCUT2D eigenvalue weighted by molar-refractivity contribution is 0.0395. The molecule has 1 fully saturated rings. The van der Waals surface area contributed by atoms with Crippen LogP contribution in [0.5, 0.6) is 0 Å². The summed E-state index contributed by atoms with van der Waals surface area (Å²) in [7, 11) is 0. The Balaban J connectivity index is 1.76. The molecule has 1 atom stereocenters. The number of nitrogens with zero attached hydrogens (tertiary/aromatic N) is 3. The second-order valence-corrected chi connectivity index (χ2v) is 4.87. The second-order valence-electron chi connectivity index (χ2n) is 4.87. The van der Waals surface area contributed by atoms with E-state index in [9.17, 15) is 4.39 Å². The average molecular weight is 283 g/mol. The summed E-state index contributed by atoms with van der Waals surface area (Å²) in [4.78, 5) is 6.41. The van der Waals surface area contributed by atoms with Crippen molar-refractivity contribution in [3.05, 3.63) is 59.5 Å². The predicted molar refractivity (Wildman–Crippen MR) is 76.3 cm³/mol. The highest BCUT2D eigenvalue weighted by Gasteiger charge is 2.22. The largest absolute Gasteiger partial charge is 0.370 e. The topological polar surface area (TPSA) is 49.2 Å². The van der Waals surface area contributed by atoms with E-state index in [-0.39, 0.29) is 11.9 Å². The van der Waals surface area contributed by atoms with E-state index in [2.05, 4.69) is 16.0 Å². The number of nitriles is 1. The van der Waals surface area contributed by atoms with Crippen molar-refractivity contribution in [1.82, 2.24) is 4.98 Å². The van der Waals surface area contributed by atoms with E-state index in [0.717, 1.165) is 17.9 Å². The summed E-state index contributed by atoms with van der Waals surface area (Å²) in [6.45, 7) is 1.99. The van der Waals surface area contributed by atoms with Crippen LogP contribution < -0.4 is 4.90 Å². The maximum absolute atomic E-state index is 13.0. The van der Waals surface area contributed by atoms with Crippen LogP contribution in [-0.4, -0.2) is 24.7 Å². The molecule has 5 heteroatoms. The van der Waals surface area contributed by atoms with Crippen LogP contribution in [0.4, 0.5) is 10.2 Å². The van der Waals surface area contributed by atoms with Crippen molar-refractivity contribution in [1.29, 1.82) is 5.26 Å². The molecular weight excluding hydrogens is 269 g/mol. The SMILES string of the molecule is N#Cc1ccc(N2CCOC(c3ccc(F)cc3)C2)nc1. The molecule has 1 aromatic heterocycles. The summed E-state index contributed by atoms with van der Waals surface area (Å²) in [5, 5.41) is 8.80. The molecule has 0 saturated carbocycles. The lowest BCUT2D eigenvalue weighted by atomic mass is 10.1. The van der Waals surface area contributed by atoms with Crippen molar-refractivity contribution in [2.24, 2.45) is 0 Å². The third-order valence-corrected chi connectivity index (χ3v) is 3.51. The molecule has 1 aliphatic rings. The molecule has 0 aliphatic carbocycles. The van der Waals surface area contributed by atoms with Crippen LogP contribution >= 0.6 is 0 Å².